The van der Waals surface area contributed by atoms with Crippen LogP contribution in [0.25, 0.3) is 44.5 Å². The molecule has 3 aromatic carbocycles. The molecule has 0 bridgehead atoms. The van der Waals surface area contributed by atoms with Gasteiger partial charge >= 0.3 is 0 Å². The van der Waals surface area contributed by atoms with E-state index in [1.807, 2.05) is 12.3 Å². The summed E-state index contributed by atoms with van der Waals surface area (Å²) in [5.41, 5.74) is 6.77. The fraction of sp³-hybridized carbons (Fsp3) is 0.267. The maximum atomic E-state index is 12.6. The van der Waals surface area contributed by atoms with Crippen molar-refractivity contribution in [2.45, 2.75) is 25.8 Å². The highest BCUT2D eigenvalue weighted by Gasteiger charge is 2.36. The topological polar surface area (TPSA) is 53.9 Å². The lowest BCUT2D eigenvalue weighted by atomic mass is 10.0. The van der Waals surface area contributed by atoms with Crippen molar-refractivity contribution in [3.05, 3.63) is 77.4 Å². The SMILES string of the molecule is O=C(C1CC1)N1CC[C@H](Cn2c(-c3ccc(-c4ccc5[nH]ccc5c4)cc3)nc3cccc(Br)c32)C1. The number of aromatic nitrogens is 3. The Morgan fingerprint density at radius 3 is 2.61 bits per heavy atom. The smallest absolute Gasteiger partial charge is 0.225 e. The predicted molar refractivity (Wildman–Crippen MR) is 148 cm³/mol. The van der Waals surface area contributed by atoms with E-state index in [2.05, 4.69) is 91.0 Å². The summed E-state index contributed by atoms with van der Waals surface area (Å²) in [6.45, 7) is 2.58. The Hall–Kier alpha value is -3.38. The molecule has 5 aromatic rings. The molecule has 36 heavy (non-hydrogen) atoms. The number of likely N-dealkylation sites (tertiary alicyclic amines) is 1. The first-order chi connectivity index (χ1) is 17.6. The molecule has 3 heterocycles. The number of carbonyl (C=O) groups excluding carboxylic acids is 1. The molecular weight excluding hydrogens is 512 g/mol. The molecule has 1 aliphatic carbocycles. The number of nitrogens with zero attached hydrogens (tertiary/aromatic N) is 3. The van der Waals surface area contributed by atoms with E-state index < -0.39 is 0 Å². The van der Waals surface area contributed by atoms with E-state index in [0.717, 1.165) is 71.3 Å². The van der Waals surface area contributed by atoms with Crippen LogP contribution >= 0.6 is 15.9 Å². The number of hydrogen-bond acceptors (Lipinski definition) is 2. The van der Waals surface area contributed by atoms with Gasteiger partial charge in [-0.05, 0) is 88.0 Å². The zero-order chi connectivity index (χ0) is 24.2. The molecule has 0 radical (unpaired) electrons. The van der Waals surface area contributed by atoms with Gasteiger partial charge < -0.3 is 14.5 Å². The summed E-state index contributed by atoms with van der Waals surface area (Å²) < 4.78 is 3.41. The van der Waals surface area contributed by atoms with Crippen molar-refractivity contribution in [3.8, 4) is 22.5 Å². The number of hydrogen-bond donors (Lipinski definition) is 1. The minimum absolute atomic E-state index is 0.291. The fourth-order valence-corrected chi connectivity index (χ4v) is 6.18. The molecule has 1 aliphatic heterocycles. The highest BCUT2D eigenvalue weighted by molar-refractivity contribution is 9.10. The molecule has 2 aromatic heterocycles. The molecule has 1 saturated carbocycles. The Labute approximate surface area is 218 Å². The number of carbonyl (C=O) groups is 1. The fourth-order valence-electron chi connectivity index (χ4n) is 5.61. The number of rotatable bonds is 5. The molecular formula is C30H27BrN4O. The number of nitrogens with one attached hydrogen (secondary N) is 1. The first-order valence-corrected chi connectivity index (χ1v) is 13.5. The van der Waals surface area contributed by atoms with Gasteiger partial charge in [-0.2, -0.15) is 0 Å². The van der Waals surface area contributed by atoms with Crippen LogP contribution in [0, 0.1) is 11.8 Å². The van der Waals surface area contributed by atoms with E-state index >= 15 is 0 Å². The Balaban J connectivity index is 1.22. The minimum Gasteiger partial charge on any atom is -0.361 e. The molecule has 7 rings (SSSR count). The lowest BCUT2D eigenvalue weighted by Crippen LogP contribution is -2.30. The quantitative estimate of drug-likeness (QED) is 0.265. The van der Waals surface area contributed by atoms with Crippen molar-refractivity contribution < 1.29 is 4.79 Å². The summed E-state index contributed by atoms with van der Waals surface area (Å²) >= 11 is 3.78. The van der Waals surface area contributed by atoms with Gasteiger partial charge in [-0.25, -0.2) is 4.98 Å². The van der Waals surface area contributed by atoms with Gasteiger partial charge in [0.2, 0.25) is 5.91 Å². The first-order valence-electron chi connectivity index (χ1n) is 12.8. The van der Waals surface area contributed by atoms with Crippen LogP contribution in [0.4, 0.5) is 0 Å². The molecule has 5 nitrogen and oxygen atoms in total. The third kappa shape index (κ3) is 3.84. The Kier molecular flexibility index (Phi) is 5.24. The van der Waals surface area contributed by atoms with Crippen LogP contribution in [0.2, 0.25) is 0 Å². The van der Waals surface area contributed by atoms with Crippen LogP contribution in [-0.4, -0.2) is 38.4 Å². The number of halogens is 1. The number of fused-ring (bicyclic) bond motifs is 2. The number of H-pyrrole nitrogens is 1. The molecule has 2 aliphatic rings. The number of para-hydroxylation sites is 1. The van der Waals surface area contributed by atoms with Crippen molar-refractivity contribution in [2.75, 3.05) is 13.1 Å². The van der Waals surface area contributed by atoms with Gasteiger partial charge in [0.1, 0.15) is 5.82 Å². The Morgan fingerprint density at radius 2 is 1.78 bits per heavy atom. The van der Waals surface area contributed by atoms with Crippen LogP contribution in [0.3, 0.4) is 0 Å². The van der Waals surface area contributed by atoms with E-state index in [9.17, 15) is 4.79 Å². The maximum absolute atomic E-state index is 12.6. The third-order valence-electron chi connectivity index (χ3n) is 7.71. The van der Waals surface area contributed by atoms with Crippen molar-refractivity contribution >= 4 is 43.8 Å². The van der Waals surface area contributed by atoms with Crippen LogP contribution in [0.1, 0.15) is 19.3 Å². The van der Waals surface area contributed by atoms with Crippen LogP contribution in [-0.2, 0) is 11.3 Å². The van der Waals surface area contributed by atoms with E-state index in [4.69, 9.17) is 4.98 Å². The summed E-state index contributed by atoms with van der Waals surface area (Å²) in [6, 6.07) is 23.6. The zero-order valence-electron chi connectivity index (χ0n) is 20.0. The van der Waals surface area contributed by atoms with Crippen molar-refractivity contribution in [3.63, 3.8) is 0 Å². The number of imidazole rings is 1. The summed E-state index contributed by atoms with van der Waals surface area (Å²) in [4.78, 5) is 23.0. The molecule has 1 amide bonds. The van der Waals surface area contributed by atoms with Crippen molar-refractivity contribution in [1.82, 2.24) is 19.4 Å². The van der Waals surface area contributed by atoms with Gasteiger partial charge in [-0.1, -0.05) is 36.4 Å². The Bertz CT molecular complexity index is 1590. The maximum Gasteiger partial charge on any atom is 0.225 e. The molecule has 0 spiro atoms. The average molecular weight is 539 g/mol. The summed E-state index contributed by atoms with van der Waals surface area (Å²) in [6.07, 6.45) is 5.16. The van der Waals surface area contributed by atoms with Crippen LogP contribution < -0.4 is 0 Å². The van der Waals surface area contributed by atoms with E-state index in [1.54, 1.807) is 0 Å². The molecule has 1 saturated heterocycles. The number of aromatic amines is 1. The molecule has 2 fully saturated rings. The lowest BCUT2D eigenvalue weighted by molar-refractivity contribution is -0.131. The average Bonchev–Trinajstić information content (AvgIpc) is 3.29. The first kappa shape index (κ1) is 21.9. The van der Waals surface area contributed by atoms with Crippen LogP contribution in [0.5, 0.6) is 0 Å². The third-order valence-corrected chi connectivity index (χ3v) is 8.35. The van der Waals surface area contributed by atoms with E-state index in [-0.39, 0.29) is 0 Å². The van der Waals surface area contributed by atoms with E-state index in [0.29, 0.717) is 17.7 Å². The lowest BCUT2D eigenvalue weighted by Gasteiger charge is -2.18. The molecule has 180 valence electrons. The molecule has 6 heteroatoms. The van der Waals surface area contributed by atoms with Gasteiger partial charge in [-0.3, -0.25) is 4.79 Å². The summed E-state index contributed by atoms with van der Waals surface area (Å²) in [5.74, 6) is 2.07. The normalized spacial score (nSPS) is 17.9. The standard InChI is InChI=1S/C30H27BrN4O/c31-25-2-1-3-27-28(25)35(18-19-13-15-34(17-19)30(36)22-8-9-22)29(33-27)21-6-4-20(5-7-21)23-10-11-26-24(16-23)12-14-32-26/h1-7,10-12,14,16,19,22,32H,8-9,13,15,17-18H2/t19-/m0/s1. The predicted octanol–water partition coefficient (Wildman–Crippen LogP) is 6.87. The van der Waals surface area contributed by atoms with Gasteiger partial charge in [0.05, 0.1) is 11.0 Å². The monoisotopic (exact) mass is 538 g/mol. The van der Waals surface area contributed by atoms with Gasteiger partial charge in [-0.15, -0.1) is 0 Å². The highest BCUT2D eigenvalue weighted by atomic mass is 79.9. The largest absolute Gasteiger partial charge is 0.361 e. The second-order valence-corrected chi connectivity index (χ2v) is 11.1. The number of benzene rings is 3. The van der Waals surface area contributed by atoms with Gasteiger partial charge in [0.15, 0.2) is 0 Å². The molecule has 0 unspecified atom stereocenters. The van der Waals surface area contributed by atoms with E-state index in [1.165, 1.54) is 16.5 Å². The zero-order valence-corrected chi connectivity index (χ0v) is 21.5. The van der Waals surface area contributed by atoms with Crippen LogP contribution in [0.15, 0.2) is 77.4 Å². The van der Waals surface area contributed by atoms with Gasteiger partial charge in [0, 0.05) is 47.3 Å². The van der Waals surface area contributed by atoms with Crippen molar-refractivity contribution in [2.24, 2.45) is 11.8 Å². The van der Waals surface area contributed by atoms with Crippen molar-refractivity contribution in [1.29, 1.82) is 0 Å². The summed E-state index contributed by atoms with van der Waals surface area (Å²) in [5, 5.41) is 1.22. The second kappa shape index (κ2) is 8.63. The molecule has 1 atom stereocenters. The Morgan fingerprint density at radius 1 is 0.972 bits per heavy atom. The summed E-state index contributed by atoms with van der Waals surface area (Å²) in [7, 11) is 0. The molecule has 1 N–H and O–H groups in total. The second-order valence-electron chi connectivity index (χ2n) is 10.2. The highest BCUT2D eigenvalue weighted by Crippen LogP contribution is 2.35. The van der Waals surface area contributed by atoms with Gasteiger partial charge in [0.25, 0.3) is 0 Å². The number of amides is 1. The minimum atomic E-state index is 0.291.